The van der Waals surface area contributed by atoms with Crippen molar-refractivity contribution < 1.29 is 4.79 Å². The molecule has 0 aliphatic rings. The summed E-state index contributed by atoms with van der Waals surface area (Å²) >= 11 is 0. The van der Waals surface area contributed by atoms with E-state index in [0.29, 0.717) is 23.4 Å². The third-order valence-corrected chi connectivity index (χ3v) is 1.70. The van der Waals surface area contributed by atoms with E-state index in [1.54, 1.807) is 6.20 Å². The van der Waals surface area contributed by atoms with Crippen LogP contribution >= 0.6 is 0 Å². The van der Waals surface area contributed by atoms with E-state index >= 15 is 0 Å². The lowest BCUT2D eigenvalue weighted by molar-refractivity contribution is 0.112. The van der Waals surface area contributed by atoms with Gasteiger partial charge in [-0.2, -0.15) is 0 Å². The maximum Gasteiger partial charge on any atom is 0.178 e. The van der Waals surface area contributed by atoms with Gasteiger partial charge < -0.3 is 0 Å². The average molecular weight is 185 g/mol. The first-order valence-corrected chi connectivity index (χ1v) is 4.09. The number of rotatable bonds is 2. The molecule has 2 rings (SSSR count). The molecule has 4 nitrogen and oxygen atoms in total. The molecule has 2 aromatic heterocycles. The van der Waals surface area contributed by atoms with Gasteiger partial charge in [0.15, 0.2) is 12.1 Å². The van der Waals surface area contributed by atoms with Crippen molar-refractivity contribution in [3.05, 3.63) is 42.4 Å². The molecule has 0 fully saturated rings. The van der Waals surface area contributed by atoms with Gasteiger partial charge in [0.25, 0.3) is 0 Å². The van der Waals surface area contributed by atoms with E-state index in [1.807, 2.05) is 18.2 Å². The minimum absolute atomic E-state index is 0.463. The fraction of sp³-hybridized carbons (Fsp3) is 0. The maximum atomic E-state index is 10.4. The predicted octanol–water partition coefficient (Wildman–Crippen LogP) is 1.35. The van der Waals surface area contributed by atoms with Gasteiger partial charge in [-0.25, -0.2) is 9.97 Å². The van der Waals surface area contributed by atoms with Gasteiger partial charge in [0, 0.05) is 18.6 Å². The van der Waals surface area contributed by atoms with E-state index in [9.17, 15) is 4.79 Å². The molecule has 68 valence electrons. The monoisotopic (exact) mass is 185 g/mol. The Morgan fingerprint density at radius 3 is 2.43 bits per heavy atom. The Morgan fingerprint density at radius 2 is 1.86 bits per heavy atom. The van der Waals surface area contributed by atoms with Crippen molar-refractivity contribution in [3.63, 3.8) is 0 Å². The standard InChI is InChI=1S/C10H7N3O/c14-7-8-5-12-10(13-6-8)9-3-1-2-4-11-9/h1-7H. The molecule has 0 aliphatic carbocycles. The number of aromatic nitrogens is 3. The van der Waals surface area contributed by atoms with Crippen molar-refractivity contribution in [2.24, 2.45) is 0 Å². The van der Waals surface area contributed by atoms with Crippen LogP contribution < -0.4 is 0 Å². The lowest BCUT2D eigenvalue weighted by Gasteiger charge is -1.97. The fourth-order valence-corrected chi connectivity index (χ4v) is 1.03. The highest BCUT2D eigenvalue weighted by molar-refractivity contribution is 5.73. The van der Waals surface area contributed by atoms with Gasteiger partial charge in [0.1, 0.15) is 5.69 Å². The van der Waals surface area contributed by atoms with Gasteiger partial charge in [-0.3, -0.25) is 9.78 Å². The summed E-state index contributed by atoms with van der Waals surface area (Å²) in [5.74, 6) is 0.524. The molecule has 0 atom stereocenters. The Morgan fingerprint density at radius 1 is 1.07 bits per heavy atom. The van der Waals surface area contributed by atoms with Crippen LogP contribution in [-0.2, 0) is 0 Å². The second-order valence-electron chi connectivity index (χ2n) is 2.67. The Balaban J connectivity index is 2.39. The number of hydrogen-bond acceptors (Lipinski definition) is 4. The highest BCUT2D eigenvalue weighted by Crippen LogP contribution is 2.08. The minimum Gasteiger partial charge on any atom is -0.298 e. The van der Waals surface area contributed by atoms with Crippen LogP contribution in [0.2, 0.25) is 0 Å². The van der Waals surface area contributed by atoms with E-state index in [2.05, 4.69) is 15.0 Å². The summed E-state index contributed by atoms with van der Waals surface area (Å²) in [6.07, 6.45) is 5.34. The highest BCUT2D eigenvalue weighted by Gasteiger charge is 2.00. The lowest BCUT2D eigenvalue weighted by Crippen LogP contribution is -1.92. The molecule has 0 aliphatic heterocycles. The van der Waals surface area contributed by atoms with E-state index in [1.165, 1.54) is 12.4 Å². The summed E-state index contributed by atoms with van der Waals surface area (Å²) in [6, 6.07) is 5.50. The molecule has 0 saturated carbocycles. The van der Waals surface area contributed by atoms with Gasteiger partial charge in [0.05, 0.1) is 5.56 Å². The van der Waals surface area contributed by atoms with Crippen LogP contribution in [0, 0.1) is 0 Å². The molecule has 0 aromatic carbocycles. The first-order chi connectivity index (χ1) is 6.90. The molecule has 2 heterocycles. The smallest absolute Gasteiger partial charge is 0.178 e. The molecule has 0 radical (unpaired) electrons. The normalized spacial score (nSPS) is 9.71. The Hall–Kier alpha value is -2.10. The third-order valence-electron chi connectivity index (χ3n) is 1.70. The molecule has 14 heavy (non-hydrogen) atoms. The molecule has 0 N–H and O–H groups in total. The zero-order valence-corrected chi connectivity index (χ0v) is 7.29. The van der Waals surface area contributed by atoms with Crippen molar-refractivity contribution in [2.75, 3.05) is 0 Å². The number of pyridine rings is 1. The van der Waals surface area contributed by atoms with Crippen LogP contribution in [0.4, 0.5) is 0 Å². The molecular formula is C10H7N3O. The molecule has 0 unspecified atom stereocenters. The summed E-state index contributed by atoms with van der Waals surface area (Å²) in [6.45, 7) is 0. The van der Waals surface area contributed by atoms with Gasteiger partial charge in [-0.1, -0.05) is 6.07 Å². The van der Waals surface area contributed by atoms with Gasteiger partial charge in [-0.15, -0.1) is 0 Å². The third kappa shape index (κ3) is 1.64. The predicted molar refractivity (Wildman–Crippen MR) is 50.7 cm³/mol. The quantitative estimate of drug-likeness (QED) is 0.662. The van der Waals surface area contributed by atoms with E-state index in [-0.39, 0.29) is 0 Å². The summed E-state index contributed by atoms with van der Waals surface area (Å²) in [5, 5.41) is 0. The van der Waals surface area contributed by atoms with Crippen molar-refractivity contribution in [1.82, 2.24) is 15.0 Å². The van der Waals surface area contributed by atoms with Crippen LogP contribution in [0.1, 0.15) is 10.4 Å². The molecular weight excluding hydrogens is 178 g/mol. The van der Waals surface area contributed by atoms with E-state index in [0.717, 1.165) is 0 Å². The average Bonchev–Trinajstić information content (AvgIpc) is 2.30. The van der Waals surface area contributed by atoms with Crippen LogP contribution in [0.15, 0.2) is 36.8 Å². The number of hydrogen-bond donors (Lipinski definition) is 0. The zero-order chi connectivity index (χ0) is 9.80. The van der Waals surface area contributed by atoms with Crippen molar-refractivity contribution in [2.45, 2.75) is 0 Å². The first kappa shape index (κ1) is 8.50. The summed E-state index contributed by atoms with van der Waals surface area (Å²) in [7, 11) is 0. The summed E-state index contributed by atoms with van der Waals surface area (Å²) < 4.78 is 0. The van der Waals surface area contributed by atoms with Gasteiger partial charge in [-0.05, 0) is 12.1 Å². The Bertz CT molecular complexity index is 425. The van der Waals surface area contributed by atoms with Crippen molar-refractivity contribution in [3.8, 4) is 11.5 Å². The van der Waals surface area contributed by atoms with Gasteiger partial charge >= 0.3 is 0 Å². The van der Waals surface area contributed by atoms with E-state index < -0.39 is 0 Å². The summed E-state index contributed by atoms with van der Waals surface area (Å²) in [4.78, 5) is 22.5. The number of carbonyl (C=O) groups excluding carboxylic acids is 1. The SMILES string of the molecule is O=Cc1cnc(-c2ccccn2)nc1. The molecule has 4 heteroatoms. The van der Waals surface area contributed by atoms with Crippen molar-refractivity contribution in [1.29, 1.82) is 0 Å². The first-order valence-electron chi connectivity index (χ1n) is 4.09. The Labute approximate surface area is 80.7 Å². The van der Waals surface area contributed by atoms with Crippen LogP contribution in [0.5, 0.6) is 0 Å². The van der Waals surface area contributed by atoms with Gasteiger partial charge in [0.2, 0.25) is 0 Å². The number of carbonyl (C=O) groups is 1. The molecule has 0 amide bonds. The molecule has 0 spiro atoms. The summed E-state index contributed by atoms with van der Waals surface area (Å²) in [5.41, 5.74) is 1.16. The Kier molecular flexibility index (Phi) is 2.27. The molecule has 0 bridgehead atoms. The van der Waals surface area contributed by atoms with Crippen LogP contribution in [0.25, 0.3) is 11.5 Å². The maximum absolute atomic E-state index is 10.4. The van der Waals surface area contributed by atoms with Crippen molar-refractivity contribution >= 4 is 6.29 Å². The number of aldehydes is 1. The fourth-order valence-electron chi connectivity index (χ4n) is 1.03. The number of nitrogens with zero attached hydrogens (tertiary/aromatic N) is 3. The molecule has 0 saturated heterocycles. The van der Waals surface area contributed by atoms with Crippen LogP contribution in [-0.4, -0.2) is 21.2 Å². The zero-order valence-electron chi connectivity index (χ0n) is 7.29. The second-order valence-corrected chi connectivity index (χ2v) is 2.67. The largest absolute Gasteiger partial charge is 0.298 e. The minimum atomic E-state index is 0.463. The topological polar surface area (TPSA) is 55.7 Å². The van der Waals surface area contributed by atoms with Crippen LogP contribution in [0.3, 0.4) is 0 Å². The highest BCUT2D eigenvalue weighted by atomic mass is 16.1. The van der Waals surface area contributed by atoms with E-state index in [4.69, 9.17) is 0 Å². The lowest BCUT2D eigenvalue weighted by atomic mass is 10.3. The second kappa shape index (κ2) is 3.74. The molecule has 2 aromatic rings.